The van der Waals surface area contributed by atoms with Gasteiger partial charge in [-0.2, -0.15) is 5.10 Å². The van der Waals surface area contributed by atoms with Crippen LogP contribution in [0.2, 0.25) is 0 Å². The van der Waals surface area contributed by atoms with Gasteiger partial charge in [0.25, 0.3) is 5.91 Å². The number of rotatable bonds is 4. The average molecular weight is 350 g/mol. The van der Waals surface area contributed by atoms with Crippen LogP contribution in [0.3, 0.4) is 0 Å². The standard InChI is InChI=1S/C20H22N4O2/c1-15-5-6-24-19(11-15)18(14-22-24)20(25)21-13-16-3-2-4-17(12-16)23-7-9-26-10-8-23/h2-6,11-12,14H,7-10,13H2,1H3,(H,21,25). The molecule has 1 amide bonds. The molecule has 6 heteroatoms. The number of anilines is 1. The minimum Gasteiger partial charge on any atom is -0.378 e. The van der Waals surface area contributed by atoms with E-state index >= 15 is 0 Å². The van der Waals surface area contributed by atoms with Gasteiger partial charge in [0.1, 0.15) is 0 Å². The lowest BCUT2D eigenvalue weighted by Crippen LogP contribution is -2.36. The molecule has 4 rings (SSSR count). The van der Waals surface area contributed by atoms with E-state index in [4.69, 9.17) is 4.74 Å². The van der Waals surface area contributed by atoms with Crippen molar-refractivity contribution >= 4 is 17.1 Å². The Morgan fingerprint density at radius 2 is 2.08 bits per heavy atom. The Labute approximate surface area is 152 Å². The van der Waals surface area contributed by atoms with Gasteiger partial charge in [-0.05, 0) is 42.3 Å². The summed E-state index contributed by atoms with van der Waals surface area (Å²) in [5.41, 5.74) is 4.77. The molecule has 3 heterocycles. The number of aryl methyl sites for hydroxylation is 1. The molecule has 1 aromatic carbocycles. The molecule has 0 spiro atoms. The quantitative estimate of drug-likeness (QED) is 0.785. The van der Waals surface area contributed by atoms with Crippen molar-refractivity contribution in [3.63, 3.8) is 0 Å². The van der Waals surface area contributed by atoms with Crippen LogP contribution >= 0.6 is 0 Å². The van der Waals surface area contributed by atoms with Gasteiger partial charge in [0.05, 0.1) is 30.5 Å². The summed E-state index contributed by atoms with van der Waals surface area (Å²) >= 11 is 0. The lowest BCUT2D eigenvalue weighted by atomic mass is 10.1. The lowest BCUT2D eigenvalue weighted by Gasteiger charge is -2.29. The Morgan fingerprint density at radius 1 is 1.23 bits per heavy atom. The Hall–Kier alpha value is -2.86. The minimum atomic E-state index is -0.109. The Morgan fingerprint density at radius 3 is 2.92 bits per heavy atom. The molecule has 1 N–H and O–H groups in total. The number of nitrogens with one attached hydrogen (secondary N) is 1. The minimum absolute atomic E-state index is 0.109. The van der Waals surface area contributed by atoms with Crippen LogP contribution in [0.5, 0.6) is 0 Å². The van der Waals surface area contributed by atoms with Crippen molar-refractivity contribution in [2.24, 2.45) is 0 Å². The third-order valence-electron chi connectivity index (χ3n) is 4.66. The van der Waals surface area contributed by atoms with E-state index in [9.17, 15) is 4.79 Å². The van der Waals surface area contributed by atoms with Crippen LogP contribution in [0.1, 0.15) is 21.5 Å². The van der Waals surface area contributed by atoms with E-state index in [1.807, 2.05) is 37.4 Å². The highest BCUT2D eigenvalue weighted by Crippen LogP contribution is 2.18. The van der Waals surface area contributed by atoms with E-state index in [0.29, 0.717) is 12.1 Å². The molecule has 26 heavy (non-hydrogen) atoms. The molecule has 134 valence electrons. The number of ether oxygens (including phenoxy) is 1. The molecule has 0 saturated carbocycles. The average Bonchev–Trinajstić information content (AvgIpc) is 3.10. The number of hydrogen-bond acceptors (Lipinski definition) is 4. The van der Waals surface area contributed by atoms with Gasteiger partial charge in [-0.25, -0.2) is 4.52 Å². The van der Waals surface area contributed by atoms with Crippen molar-refractivity contribution in [1.29, 1.82) is 0 Å². The summed E-state index contributed by atoms with van der Waals surface area (Å²) in [7, 11) is 0. The molecule has 0 atom stereocenters. The summed E-state index contributed by atoms with van der Waals surface area (Å²) in [5, 5.41) is 7.26. The van der Waals surface area contributed by atoms with Crippen molar-refractivity contribution in [1.82, 2.24) is 14.9 Å². The molecule has 2 aromatic heterocycles. The summed E-state index contributed by atoms with van der Waals surface area (Å²) in [5.74, 6) is -0.109. The van der Waals surface area contributed by atoms with Gasteiger partial charge in [-0.1, -0.05) is 12.1 Å². The number of morpholine rings is 1. The molecule has 3 aromatic rings. The predicted octanol–water partition coefficient (Wildman–Crippen LogP) is 2.41. The molecule has 0 radical (unpaired) electrons. The van der Waals surface area contributed by atoms with E-state index in [1.165, 1.54) is 5.69 Å². The van der Waals surface area contributed by atoms with Crippen molar-refractivity contribution in [2.45, 2.75) is 13.5 Å². The topological polar surface area (TPSA) is 58.9 Å². The number of fused-ring (bicyclic) bond motifs is 1. The Bertz CT molecular complexity index is 928. The maximum Gasteiger partial charge on any atom is 0.255 e. The highest BCUT2D eigenvalue weighted by atomic mass is 16.5. The molecule has 0 bridgehead atoms. The van der Waals surface area contributed by atoms with Crippen LogP contribution in [0, 0.1) is 6.92 Å². The van der Waals surface area contributed by atoms with E-state index in [-0.39, 0.29) is 5.91 Å². The number of nitrogens with zero attached hydrogens (tertiary/aromatic N) is 3. The van der Waals surface area contributed by atoms with Crippen LogP contribution in [0.4, 0.5) is 5.69 Å². The third kappa shape index (κ3) is 3.41. The number of amides is 1. The second-order valence-corrected chi connectivity index (χ2v) is 6.54. The first-order valence-corrected chi connectivity index (χ1v) is 8.84. The molecule has 0 unspecified atom stereocenters. The second kappa shape index (κ2) is 7.17. The zero-order valence-electron chi connectivity index (χ0n) is 14.8. The van der Waals surface area contributed by atoms with Gasteiger partial charge < -0.3 is 15.0 Å². The second-order valence-electron chi connectivity index (χ2n) is 6.54. The highest BCUT2D eigenvalue weighted by molar-refractivity contribution is 6.00. The van der Waals surface area contributed by atoms with E-state index < -0.39 is 0 Å². The summed E-state index contributed by atoms with van der Waals surface area (Å²) in [6, 6.07) is 12.2. The highest BCUT2D eigenvalue weighted by Gasteiger charge is 2.14. The van der Waals surface area contributed by atoms with E-state index in [2.05, 4.69) is 27.4 Å². The molecular weight excluding hydrogens is 328 g/mol. The summed E-state index contributed by atoms with van der Waals surface area (Å²) in [6.07, 6.45) is 3.49. The summed E-state index contributed by atoms with van der Waals surface area (Å²) in [6.45, 7) is 5.81. The number of hydrogen-bond donors (Lipinski definition) is 1. The Kier molecular flexibility index (Phi) is 4.58. The monoisotopic (exact) mass is 350 g/mol. The first-order valence-electron chi connectivity index (χ1n) is 8.84. The van der Waals surface area contributed by atoms with Crippen LogP contribution < -0.4 is 10.2 Å². The fourth-order valence-electron chi connectivity index (χ4n) is 3.22. The first kappa shape index (κ1) is 16.6. The lowest BCUT2D eigenvalue weighted by molar-refractivity contribution is 0.0952. The Balaban J connectivity index is 1.46. The van der Waals surface area contributed by atoms with Crippen molar-refractivity contribution in [2.75, 3.05) is 31.2 Å². The van der Waals surface area contributed by atoms with Gasteiger partial charge in [0.2, 0.25) is 0 Å². The maximum absolute atomic E-state index is 12.6. The summed E-state index contributed by atoms with van der Waals surface area (Å²) < 4.78 is 7.13. The summed E-state index contributed by atoms with van der Waals surface area (Å²) in [4.78, 5) is 14.9. The van der Waals surface area contributed by atoms with Gasteiger partial charge in [0.15, 0.2) is 0 Å². The molecular formula is C20H22N4O2. The maximum atomic E-state index is 12.6. The third-order valence-corrected chi connectivity index (χ3v) is 4.66. The van der Waals surface area contributed by atoms with Crippen molar-refractivity contribution in [3.05, 3.63) is 65.5 Å². The smallest absolute Gasteiger partial charge is 0.255 e. The van der Waals surface area contributed by atoms with Crippen molar-refractivity contribution < 1.29 is 9.53 Å². The van der Waals surface area contributed by atoms with Crippen molar-refractivity contribution in [3.8, 4) is 0 Å². The van der Waals surface area contributed by atoms with Crippen LogP contribution in [0.15, 0.2) is 48.8 Å². The molecule has 6 nitrogen and oxygen atoms in total. The number of carbonyl (C=O) groups excluding carboxylic acids is 1. The fourth-order valence-corrected chi connectivity index (χ4v) is 3.22. The van der Waals surface area contributed by atoms with Crippen LogP contribution in [0.25, 0.3) is 5.52 Å². The zero-order valence-corrected chi connectivity index (χ0v) is 14.8. The van der Waals surface area contributed by atoms with Gasteiger partial charge >= 0.3 is 0 Å². The normalized spacial score (nSPS) is 14.6. The molecule has 1 saturated heterocycles. The van der Waals surface area contributed by atoms with Gasteiger partial charge in [-0.3, -0.25) is 4.79 Å². The first-order chi connectivity index (χ1) is 12.7. The largest absolute Gasteiger partial charge is 0.378 e. The number of carbonyl (C=O) groups is 1. The molecule has 1 aliphatic rings. The molecule has 1 aliphatic heterocycles. The zero-order chi connectivity index (χ0) is 17.9. The van der Waals surface area contributed by atoms with Gasteiger partial charge in [-0.15, -0.1) is 0 Å². The predicted molar refractivity (Wildman–Crippen MR) is 101 cm³/mol. The van der Waals surface area contributed by atoms with E-state index in [1.54, 1.807) is 10.7 Å². The number of benzene rings is 1. The SMILES string of the molecule is Cc1ccn2ncc(C(=O)NCc3cccc(N4CCOCC4)c3)c2c1. The number of pyridine rings is 1. The van der Waals surface area contributed by atoms with E-state index in [0.717, 1.165) is 42.9 Å². The number of aromatic nitrogens is 2. The van der Waals surface area contributed by atoms with Gasteiger partial charge in [0, 0.05) is 31.5 Å². The fraction of sp³-hybridized carbons (Fsp3) is 0.300. The molecule has 1 fully saturated rings. The van der Waals surface area contributed by atoms with Crippen LogP contribution in [-0.4, -0.2) is 41.8 Å². The van der Waals surface area contributed by atoms with Crippen LogP contribution in [-0.2, 0) is 11.3 Å². The molecule has 0 aliphatic carbocycles.